The summed E-state index contributed by atoms with van der Waals surface area (Å²) in [7, 11) is 0. The minimum atomic E-state index is 0.243. The summed E-state index contributed by atoms with van der Waals surface area (Å²) in [6.45, 7) is 7.33. The molecule has 18 heavy (non-hydrogen) atoms. The summed E-state index contributed by atoms with van der Waals surface area (Å²) in [6, 6.07) is 9.14. The Bertz CT molecular complexity index is 354. The topological polar surface area (TPSA) is 21.3 Å². The summed E-state index contributed by atoms with van der Waals surface area (Å²) in [5.41, 5.74) is 1.40. The van der Waals surface area contributed by atoms with Crippen molar-refractivity contribution in [3.05, 3.63) is 29.8 Å². The highest BCUT2D eigenvalue weighted by molar-refractivity contribution is 5.30. The van der Waals surface area contributed by atoms with Gasteiger partial charge >= 0.3 is 0 Å². The van der Waals surface area contributed by atoms with Crippen LogP contribution < -0.4 is 10.1 Å². The van der Waals surface area contributed by atoms with E-state index in [1.807, 2.05) is 0 Å². The van der Waals surface area contributed by atoms with E-state index in [-0.39, 0.29) is 6.10 Å². The fourth-order valence-electron chi connectivity index (χ4n) is 2.58. The first-order valence-corrected chi connectivity index (χ1v) is 7.20. The first-order valence-electron chi connectivity index (χ1n) is 7.20. The maximum Gasteiger partial charge on any atom is 0.119 e. The number of nitrogens with one attached hydrogen (secondary N) is 1. The average Bonchev–Trinajstić information content (AvgIpc) is 2.26. The molecule has 0 spiro atoms. The van der Waals surface area contributed by atoms with Gasteiger partial charge in [-0.25, -0.2) is 0 Å². The molecule has 1 aromatic rings. The second-order valence-electron chi connectivity index (χ2n) is 5.46. The molecule has 1 aliphatic rings. The summed E-state index contributed by atoms with van der Waals surface area (Å²) >= 11 is 0. The van der Waals surface area contributed by atoms with Gasteiger partial charge in [-0.05, 0) is 56.8 Å². The SMILES string of the molecule is CCNC(c1ccc(OC(C)C)cc1)C1CCC1. The van der Waals surface area contributed by atoms with E-state index in [4.69, 9.17) is 4.74 Å². The molecule has 1 fully saturated rings. The van der Waals surface area contributed by atoms with Gasteiger partial charge < -0.3 is 10.1 Å². The van der Waals surface area contributed by atoms with E-state index in [0.29, 0.717) is 6.04 Å². The molecule has 1 aromatic carbocycles. The molecule has 2 rings (SSSR count). The highest BCUT2D eigenvalue weighted by Gasteiger charge is 2.27. The van der Waals surface area contributed by atoms with Crippen LogP contribution in [0.5, 0.6) is 5.75 Å². The molecule has 2 nitrogen and oxygen atoms in total. The Balaban J connectivity index is 2.05. The molecule has 2 heteroatoms. The highest BCUT2D eigenvalue weighted by Crippen LogP contribution is 2.38. The van der Waals surface area contributed by atoms with Gasteiger partial charge in [0, 0.05) is 6.04 Å². The summed E-state index contributed by atoms with van der Waals surface area (Å²) < 4.78 is 5.69. The van der Waals surface area contributed by atoms with Crippen molar-refractivity contribution in [1.82, 2.24) is 5.32 Å². The number of rotatable bonds is 6. The lowest BCUT2D eigenvalue weighted by molar-refractivity contribution is 0.231. The molecule has 100 valence electrons. The van der Waals surface area contributed by atoms with Gasteiger partial charge in [-0.1, -0.05) is 25.5 Å². The van der Waals surface area contributed by atoms with E-state index in [2.05, 4.69) is 50.4 Å². The molecule has 0 aromatic heterocycles. The van der Waals surface area contributed by atoms with Gasteiger partial charge in [0.25, 0.3) is 0 Å². The Morgan fingerprint density at radius 1 is 1.22 bits per heavy atom. The zero-order chi connectivity index (χ0) is 13.0. The largest absolute Gasteiger partial charge is 0.491 e. The predicted molar refractivity (Wildman–Crippen MR) is 76.0 cm³/mol. The van der Waals surface area contributed by atoms with Crippen molar-refractivity contribution < 1.29 is 4.74 Å². The fourth-order valence-corrected chi connectivity index (χ4v) is 2.58. The molecule has 1 aliphatic carbocycles. The molecular weight excluding hydrogens is 222 g/mol. The molecule has 0 saturated heterocycles. The minimum absolute atomic E-state index is 0.243. The minimum Gasteiger partial charge on any atom is -0.491 e. The number of ether oxygens (including phenoxy) is 1. The Hall–Kier alpha value is -1.02. The van der Waals surface area contributed by atoms with Gasteiger partial charge in [0.1, 0.15) is 5.75 Å². The van der Waals surface area contributed by atoms with E-state index in [9.17, 15) is 0 Å². The zero-order valence-corrected chi connectivity index (χ0v) is 11.8. The Morgan fingerprint density at radius 3 is 2.33 bits per heavy atom. The summed E-state index contributed by atoms with van der Waals surface area (Å²) in [5, 5.41) is 3.62. The third-order valence-corrected chi connectivity index (χ3v) is 3.66. The molecule has 0 radical (unpaired) electrons. The van der Waals surface area contributed by atoms with Gasteiger partial charge in [-0.15, -0.1) is 0 Å². The van der Waals surface area contributed by atoms with Gasteiger partial charge in [-0.3, -0.25) is 0 Å². The monoisotopic (exact) mass is 247 g/mol. The second-order valence-corrected chi connectivity index (χ2v) is 5.46. The van der Waals surface area contributed by atoms with Gasteiger partial charge in [0.2, 0.25) is 0 Å². The van der Waals surface area contributed by atoms with Gasteiger partial charge in [0.05, 0.1) is 6.10 Å². The average molecular weight is 247 g/mol. The van der Waals surface area contributed by atoms with Crippen LogP contribution >= 0.6 is 0 Å². The van der Waals surface area contributed by atoms with Crippen molar-refractivity contribution >= 4 is 0 Å². The van der Waals surface area contributed by atoms with E-state index in [1.165, 1.54) is 24.8 Å². The molecular formula is C16H25NO. The van der Waals surface area contributed by atoms with E-state index >= 15 is 0 Å². The third-order valence-electron chi connectivity index (χ3n) is 3.66. The van der Waals surface area contributed by atoms with Gasteiger partial charge in [-0.2, -0.15) is 0 Å². The first kappa shape index (κ1) is 13.4. The van der Waals surface area contributed by atoms with Crippen LogP contribution in [-0.2, 0) is 0 Å². The molecule has 0 aliphatic heterocycles. The van der Waals surface area contributed by atoms with Crippen molar-refractivity contribution in [2.24, 2.45) is 5.92 Å². The van der Waals surface area contributed by atoms with Crippen LogP contribution in [0, 0.1) is 5.92 Å². The molecule has 0 heterocycles. The van der Waals surface area contributed by atoms with Crippen LogP contribution in [0.4, 0.5) is 0 Å². The quantitative estimate of drug-likeness (QED) is 0.822. The van der Waals surface area contributed by atoms with E-state index in [0.717, 1.165) is 18.2 Å². The van der Waals surface area contributed by atoms with Crippen LogP contribution in [0.15, 0.2) is 24.3 Å². The van der Waals surface area contributed by atoms with Crippen molar-refractivity contribution in [3.8, 4) is 5.75 Å². The number of benzene rings is 1. The standard InChI is InChI=1S/C16H25NO/c1-4-17-16(13-6-5-7-13)14-8-10-15(11-9-14)18-12(2)3/h8-13,16-17H,4-7H2,1-3H3. The first-order chi connectivity index (χ1) is 8.70. The highest BCUT2D eigenvalue weighted by atomic mass is 16.5. The second kappa shape index (κ2) is 6.24. The zero-order valence-electron chi connectivity index (χ0n) is 11.8. The maximum absolute atomic E-state index is 5.69. The lowest BCUT2D eigenvalue weighted by Crippen LogP contribution is -2.32. The molecule has 1 saturated carbocycles. The number of hydrogen-bond acceptors (Lipinski definition) is 2. The van der Waals surface area contributed by atoms with Crippen LogP contribution in [0.2, 0.25) is 0 Å². The van der Waals surface area contributed by atoms with Crippen molar-refractivity contribution in [3.63, 3.8) is 0 Å². The Kier molecular flexibility index (Phi) is 4.65. The molecule has 0 amide bonds. The van der Waals surface area contributed by atoms with Crippen LogP contribution in [-0.4, -0.2) is 12.6 Å². The van der Waals surface area contributed by atoms with Gasteiger partial charge in [0.15, 0.2) is 0 Å². The normalized spacial score (nSPS) is 17.6. The van der Waals surface area contributed by atoms with Crippen molar-refractivity contribution in [2.45, 2.75) is 52.2 Å². The summed E-state index contributed by atoms with van der Waals surface area (Å²) in [4.78, 5) is 0. The molecule has 1 N–H and O–H groups in total. The smallest absolute Gasteiger partial charge is 0.119 e. The summed E-state index contributed by atoms with van der Waals surface area (Å²) in [6.07, 6.45) is 4.36. The van der Waals surface area contributed by atoms with Crippen LogP contribution in [0.25, 0.3) is 0 Å². The molecule has 1 unspecified atom stereocenters. The summed E-state index contributed by atoms with van der Waals surface area (Å²) in [5.74, 6) is 1.79. The van der Waals surface area contributed by atoms with Crippen molar-refractivity contribution in [1.29, 1.82) is 0 Å². The molecule has 1 atom stereocenters. The van der Waals surface area contributed by atoms with Crippen LogP contribution in [0.1, 0.15) is 51.6 Å². The third kappa shape index (κ3) is 3.26. The fraction of sp³-hybridized carbons (Fsp3) is 0.625. The van der Waals surface area contributed by atoms with Crippen molar-refractivity contribution in [2.75, 3.05) is 6.54 Å². The van der Waals surface area contributed by atoms with E-state index in [1.54, 1.807) is 0 Å². The molecule has 0 bridgehead atoms. The Morgan fingerprint density at radius 2 is 1.89 bits per heavy atom. The predicted octanol–water partition coefficient (Wildman–Crippen LogP) is 3.92. The Labute approximate surface area is 111 Å². The number of hydrogen-bond donors (Lipinski definition) is 1. The lowest BCUT2D eigenvalue weighted by atomic mass is 9.77. The maximum atomic E-state index is 5.69. The van der Waals surface area contributed by atoms with E-state index < -0.39 is 0 Å². The van der Waals surface area contributed by atoms with Crippen LogP contribution in [0.3, 0.4) is 0 Å². The lowest BCUT2D eigenvalue weighted by Gasteiger charge is -2.34.